The number of unbranched alkanes of at least 4 members (excludes halogenated alkanes) is 3. The second-order valence-corrected chi connectivity index (χ2v) is 13.5. The Bertz CT molecular complexity index is 1240. The summed E-state index contributed by atoms with van der Waals surface area (Å²) >= 11 is 0. The number of carbonyl (C=O) groups excluding carboxylic acids is 6. The fourth-order valence-corrected chi connectivity index (χ4v) is 5.30. The topological polar surface area (TPSA) is 223 Å². The normalized spacial score (nSPS) is 15.4. The van der Waals surface area contributed by atoms with Crippen LogP contribution < -0.4 is 27.4 Å². The lowest BCUT2D eigenvalue weighted by Crippen LogP contribution is -2.59. The quantitative estimate of drug-likeness (QED) is 0.0710. The highest BCUT2D eigenvalue weighted by atomic mass is 16.5. The van der Waals surface area contributed by atoms with Crippen LogP contribution in [0.25, 0.3) is 0 Å². The molecular weight excluding hydrogens is 644 g/mol. The molecule has 0 aliphatic rings. The molecular formula is C36H60N6O8. The minimum absolute atomic E-state index is 0.0236. The molecule has 1 aromatic rings. The Hall–Kier alpha value is -4.04. The van der Waals surface area contributed by atoms with Crippen molar-refractivity contribution in [2.75, 3.05) is 20.1 Å². The van der Waals surface area contributed by atoms with Gasteiger partial charge in [0.15, 0.2) is 0 Å². The summed E-state index contributed by atoms with van der Waals surface area (Å²) in [6.07, 6.45) is 2.54. The van der Waals surface area contributed by atoms with Gasteiger partial charge in [-0.15, -0.1) is 0 Å². The number of nitrogens with zero attached hydrogens (tertiary/aromatic N) is 1. The third-order valence-electron chi connectivity index (χ3n) is 8.74. The Labute approximate surface area is 296 Å². The van der Waals surface area contributed by atoms with Gasteiger partial charge >= 0.3 is 5.97 Å². The van der Waals surface area contributed by atoms with Crippen LogP contribution >= 0.6 is 0 Å². The highest BCUT2D eigenvalue weighted by Crippen LogP contribution is 2.22. The van der Waals surface area contributed by atoms with Crippen LogP contribution in [0.2, 0.25) is 0 Å². The molecule has 14 heteroatoms. The number of rotatable bonds is 23. The monoisotopic (exact) mass is 704 g/mol. The Morgan fingerprint density at radius 1 is 0.860 bits per heavy atom. The molecule has 1 rings (SSSR count). The second-order valence-electron chi connectivity index (χ2n) is 13.5. The predicted octanol–water partition coefficient (Wildman–Crippen LogP) is 1.17. The van der Waals surface area contributed by atoms with Crippen molar-refractivity contribution in [1.29, 1.82) is 0 Å². The largest absolute Gasteiger partial charge is 0.460 e. The first-order valence-electron chi connectivity index (χ1n) is 17.6. The van der Waals surface area contributed by atoms with Crippen molar-refractivity contribution < 1.29 is 38.6 Å². The molecule has 282 valence electrons. The van der Waals surface area contributed by atoms with E-state index in [0.717, 1.165) is 24.8 Å². The zero-order valence-electron chi connectivity index (χ0n) is 30.8. The standard InChI is InChI=1S/C36H60N6O8/c1-8-9-10-14-17-30(50-31(44)21-39-33(46)23(4)25(6)43)24(5)36(49)42(7)29(18-22(2)3)35(48)40-27(19-26-15-12-11-13-16-26)34(47)41-28(20-37)32(38)45/h11-13,15-16,22-25,27-30,43H,8-10,14,17-21,37H2,1-7H3,(H2,38,45)(H,39,46)(H,40,48)(H,41,47)/t23-,24+,25-,27-,28-,29-,30+/m0/s1. The van der Waals surface area contributed by atoms with E-state index < -0.39 is 84.2 Å². The minimum Gasteiger partial charge on any atom is -0.460 e. The summed E-state index contributed by atoms with van der Waals surface area (Å²) in [5.74, 6) is -5.31. The first-order valence-corrected chi connectivity index (χ1v) is 17.6. The molecule has 7 atom stereocenters. The van der Waals surface area contributed by atoms with Crippen molar-refractivity contribution in [2.24, 2.45) is 29.2 Å². The van der Waals surface area contributed by atoms with E-state index in [1.165, 1.54) is 25.8 Å². The molecule has 8 N–H and O–H groups in total. The minimum atomic E-state index is -1.14. The highest BCUT2D eigenvalue weighted by Gasteiger charge is 2.36. The van der Waals surface area contributed by atoms with Gasteiger partial charge in [0.05, 0.1) is 17.9 Å². The zero-order valence-corrected chi connectivity index (χ0v) is 30.8. The highest BCUT2D eigenvalue weighted by molar-refractivity contribution is 5.94. The van der Waals surface area contributed by atoms with Crippen LogP contribution in [0, 0.1) is 17.8 Å². The molecule has 5 amide bonds. The average molecular weight is 705 g/mol. The van der Waals surface area contributed by atoms with E-state index in [9.17, 15) is 33.9 Å². The van der Waals surface area contributed by atoms with Crippen molar-refractivity contribution >= 4 is 35.5 Å². The second kappa shape index (κ2) is 22.6. The van der Waals surface area contributed by atoms with E-state index in [-0.39, 0.29) is 25.3 Å². The molecule has 14 nitrogen and oxygen atoms in total. The summed E-state index contributed by atoms with van der Waals surface area (Å²) in [6.45, 7) is 9.87. The molecule has 0 heterocycles. The molecule has 0 saturated heterocycles. The molecule has 0 saturated carbocycles. The summed E-state index contributed by atoms with van der Waals surface area (Å²) in [5, 5.41) is 17.5. The maximum absolute atomic E-state index is 14.0. The SMILES string of the molecule is CCCCCC[C@@H](OC(=O)CNC(=O)[C@@H](C)[C@H](C)O)[C@@H](C)C(=O)N(C)[C@@H](CC(C)C)C(=O)N[C@@H](Cc1ccccc1)C(=O)N[C@@H](CN)C(N)=O. The number of likely N-dealkylation sites (N-methyl/N-ethyl adjacent to an activating group) is 1. The number of aliphatic hydroxyl groups excluding tert-OH is 1. The van der Waals surface area contributed by atoms with Crippen LogP contribution in [0.3, 0.4) is 0 Å². The summed E-state index contributed by atoms with van der Waals surface area (Å²) in [6, 6.07) is 5.75. The van der Waals surface area contributed by atoms with Crippen LogP contribution in [0.15, 0.2) is 30.3 Å². The molecule has 0 aliphatic carbocycles. The van der Waals surface area contributed by atoms with Crippen LogP contribution in [-0.4, -0.2) is 96.0 Å². The Morgan fingerprint density at radius 3 is 2.02 bits per heavy atom. The van der Waals surface area contributed by atoms with Crippen molar-refractivity contribution in [3.05, 3.63) is 35.9 Å². The maximum atomic E-state index is 14.0. The van der Waals surface area contributed by atoms with Crippen molar-refractivity contribution in [3.8, 4) is 0 Å². The molecule has 0 fully saturated rings. The predicted molar refractivity (Wildman–Crippen MR) is 190 cm³/mol. The molecule has 0 aliphatic heterocycles. The number of nitrogens with one attached hydrogen (secondary N) is 3. The molecule has 0 bridgehead atoms. The molecule has 0 unspecified atom stereocenters. The van der Waals surface area contributed by atoms with E-state index in [0.29, 0.717) is 12.8 Å². The fraction of sp³-hybridized carbons (Fsp3) is 0.667. The number of amides is 5. The van der Waals surface area contributed by atoms with Crippen LogP contribution in [0.4, 0.5) is 0 Å². The third kappa shape index (κ3) is 15.2. The van der Waals surface area contributed by atoms with Gasteiger partial charge in [0, 0.05) is 20.0 Å². The van der Waals surface area contributed by atoms with Crippen LogP contribution in [0.1, 0.15) is 85.6 Å². The van der Waals surface area contributed by atoms with Gasteiger partial charge in [-0.1, -0.05) is 84.2 Å². The molecule has 50 heavy (non-hydrogen) atoms. The van der Waals surface area contributed by atoms with Crippen LogP contribution in [-0.2, 0) is 39.9 Å². The number of esters is 1. The molecule has 0 radical (unpaired) electrons. The summed E-state index contributed by atoms with van der Waals surface area (Å²) < 4.78 is 5.74. The van der Waals surface area contributed by atoms with Gasteiger partial charge in [0.2, 0.25) is 29.5 Å². The number of primary amides is 1. The number of benzene rings is 1. The number of aliphatic hydroxyl groups is 1. The summed E-state index contributed by atoms with van der Waals surface area (Å²) in [5.41, 5.74) is 11.8. The summed E-state index contributed by atoms with van der Waals surface area (Å²) in [7, 11) is 1.50. The van der Waals surface area contributed by atoms with E-state index >= 15 is 0 Å². The smallest absolute Gasteiger partial charge is 0.325 e. The van der Waals surface area contributed by atoms with Gasteiger partial charge in [-0.2, -0.15) is 0 Å². The fourth-order valence-electron chi connectivity index (χ4n) is 5.30. The lowest BCUT2D eigenvalue weighted by atomic mass is 9.94. The Kier molecular flexibility index (Phi) is 19.9. The van der Waals surface area contributed by atoms with Crippen molar-refractivity contribution in [1.82, 2.24) is 20.9 Å². The van der Waals surface area contributed by atoms with E-state index in [2.05, 4.69) is 22.9 Å². The number of nitrogens with two attached hydrogens (primary N) is 2. The van der Waals surface area contributed by atoms with E-state index in [4.69, 9.17) is 16.2 Å². The Balaban J connectivity index is 3.26. The van der Waals surface area contributed by atoms with E-state index in [1.807, 2.05) is 19.9 Å². The van der Waals surface area contributed by atoms with Gasteiger partial charge in [-0.25, -0.2) is 0 Å². The molecule has 1 aromatic carbocycles. The van der Waals surface area contributed by atoms with Gasteiger partial charge in [0.1, 0.15) is 30.8 Å². The van der Waals surface area contributed by atoms with Gasteiger partial charge < -0.3 is 42.2 Å². The van der Waals surface area contributed by atoms with Gasteiger partial charge in [-0.3, -0.25) is 28.8 Å². The number of carbonyl (C=O) groups is 6. The number of hydrogen-bond donors (Lipinski definition) is 6. The van der Waals surface area contributed by atoms with E-state index in [1.54, 1.807) is 31.2 Å². The van der Waals surface area contributed by atoms with Crippen molar-refractivity contribution in [3.63, 3.8) is 0 Å². The third-order valence-corrected chi connectivity index (χ3v) is 8.74. The lowest BCUT2D eigenvalue weighted by molar-refractivity contribution is -0.158. The molecule has 0 aromatic heterocycles. The van der Waals surface area contributed by atoms with Crippen LogP contribution in [0.5, 0.6) is 0 Å². The maximum Gasteiger partial charge on any atom is 0.325 e. The number of hydrogen-bond acceptors (Lipinski definition) is 9. The van der Waals surface area contributed by atoms with Gasteiger partial charge in [0.25, 0.3) is 0 Å². The first kappa shape index (κ1) is 44.0. The van der Waals surface area contributed by atoms with Gasteiger partial charge in [-0.05, 0) is 37.7 Å². The molecule has 0 spiro atoms. The average Bonchev–Trinajstić information content (AvgIpc) is 3.08. The summed E-state index contributed by atoms with van der Waals surface area (Å²) in [4.78, 5) is 79.5. The number of ether oxygens (including phenoxy) is 1. The first-order chi connectivity index (χ1) is 23.5. The Morgan fingerprint density at radius 2 is 1.48 bits per heavy atom. The zero-order chi connectivity index (χ0) is 38.0. The lowest BCUT2D eigenvalue weighted by Gasteiger charge is -2.34. The van der Waals surface area contributed by atoms with Crippen molar-refractivity contribution in [2.45, 2.75) is 117 Å².